The van der Waals surface area contributed by atoms with Gasteiger partial charge in [0.05, 0.1) is 22.4 Å². The van der Waals surface area contributed by atoms with Crippen LogP contribution in [-0.2, 0) is 9.59 Å². The number of fused-ring (bicyclic) bond motifs is 1. The first-order chi connectivity index (χ1) is 15.7. The molecule has 6 nitrogen and oxygen atoms in total. The van der Waals surface area contributed by atoms with Crippen LogP contribution in [0.5, 0.6) is 0 Å². The molecule has 3 atom stereocenters. The fourth-order valence-corrected chi connectivity index (χ4v) is 4.78. The molecular weight excluding hydrogens is 463 g/mol. The zero-order valence-electron chi connectivity index (χ0n) is 18.1. The number of amides is 3. The Morgan fingerprint density at radius 2 is 1.55 bits per heavy atom. The second-order valence-electron chi connectivity index (χ2n) is 8.32. The minimum atomic E-state index is -1.13. The van der Waals surface area contributed by atoms with Crippen LogP contribution >= 0.6 is 23.2 Å². The first kappa shape index (κ1) is 23.2. The molecule has 1 aliphatic carbocycles. The predicted molar refractivity (Wildman–Crippen MR) is 125 cm³/mol. The van der Waals surface area contributed by atoms with Crippen LogP contribution in [0.15, 0.2) is 54.6 Å². The Bertz CT molecular complexity index is 1150. The summed E-state index contributed by atoms with van der Waals surface area (Å²) in [5, 5.41) is 2.20. The smallest absolute Gasteiger partial charge is 0.275 e. The molecule has 0 radical (unpaired) electrons. The van der Waals surface area contributed by atoms with Crippen LogP contribution in [0.25, 0.3) is 0 Å². The monoisotopic (exact) mass is 484 g/mol. The van der Waals surface area contributed by atoms with Crippen LogP contribution in [0, 0.1) is 18.8 Å². The molecule has 1 fully saturated rings. The Morgan fingerprint density at radius 3 is 2.09 bits per heavy atom. The third-order valence-corrected chi connectivity index (χ3v) is 6.70. The lowest BCUT2D eigenvalue weighted by atomic mass is 9.85. The van der Waals surface area contributed by atoms with Crippen molar-refractivity contribution in [2.45, 2.75) is 32.7 Å². The molecule has 1 saturated heterocycles. The van der Waals surface area contributed by atoms with E-state index in [1.54, 1.807) is 24.3 Å². The highest BCUT2D eigenvalue weighted by Gasteiger charge is 2.52. The number of rotatable bonds is 5. The molecule has 0 spiro atoms. The van der Waals surface area contributed by atoms with Crippen molar-refractivity contribution in [1.82, 2.24) is 10.0 Å². The maximum absolute atomic E-state index is 13.7. The molecule has 1 heterocycles. The molecule has 0 aromatic heterocycles. The number of carbonyl (C=O) groups is 4. The van der Waals surface area contributed by atoms with Gasteiger partial charge < -0.3 is 0 Å². The van der Waals surface area contributed by atoms with E-state index in [2.05, 4.69) is 0 Å². The number of benzene rings is 2. The van der Waals surface area contributed by atoms with Crippen molar-refractivity contribution in [2.24, 2.45) is 11.8 Å². The van der Waals surface area contributed by atoms with Gasteiger partial charge in [0.25, 0.3) is 17.7 Å². The lowest BCUT2D eigenvalue weighted by molar-refractivity contribution is -0.156. The van der Waals surface area contributed by atoms with E-state index in [0.717, 1.165) is 15.6 Å². The number of aryl methyl sites for hydroxylation is 1. The molecule has 1 aliphatic heterocycles. The second kappa shape index (κ2) is 9.12. The number of carbonyl (C=O) groups excluding carboxylic acids is 4. The molecule has 0 unspecified atom stereocenters. The van der Waals surface area contributed by atoms with E-state index >= 15 is 0 Å². The molecule has 4 rings (SSSR count). The van der Waals surface area contributed by atoms with Crippen molar-refractivity contribution < 1.29 is 19.2 Å². The number of hydrogen-bond acceptors (Lipinski definition) is 4. The van der Waals surface area contributed by atoms with E-state index in [1.807, 2.05) is 19.1 Å². The molecule has 8 heteroatoms. The largest absolute Gasteiger partial charge is 0.292 e. The maximum atomic E-state index is 13.7. The van der Waals surface area contributed by atoms with E-state index in [1.165, 1.54) is 25.1 Å². The van der Waals surface area contributed by atoms with Crippen molar-refractivity contribution in [2.75, 3.05) is 0 Å². The van der Waals surface area contributed by atoms with Crippen molar-refractivity contribution in [3.63, 3.8) is 0 Å². The predicted octanol–water partition coefficient (Wildman–Crippen LogP) is 4.88. The minimum Gasteiger partial charge on any atom is -0.292 e. The van der Waals surface area contributed by atoms with Gasteiger partial charge in [-0.15, -0.1) is 0 Å². The highest BCUT2D eigenvalue weighted by atomic mass is 35.5. The Kier molecular flexibility index (Phi) is 6.41. The molecule has 33 heavy (non-hydrogen) atoms. The molecule has 0 N–H and O–H groups in total. The van der Waals surface area contributed by atoms with E-state index in [-0.39, 0.29) is 10.6 Å². The van der Waals surface area contributed by atoms with Gasteiger partial charge in [0.2, 0.25) is 0 Å². The number of nitrogens with zero attached hydrogens (tertiary/aromatic N) is 2. The number of ketones is 1. The molecule has 2 aromatic carbocycles. The van der Waals surface area contributed by atoms with Crippen molar-refractivity contribution in [3.05, 3.63) is 81.4 Å². The van der Waals surface area contributed by atoms with Crippen LogP contribution in [0.1, 0.15) is 46.0 Å². The average Bonchev–Trinajstić information content (AvgIpc) is 3.04. The molecule has 2 aliphatic rings. The fourth-order valence-electron chi connectivity index (χ4n) is 4.29. The number of hydrazine groups is 1. The van der Waals surface area contributed by atoms with E-state index in [9.17, 15) is 19.2 Å². The van der Waals surface area contributed by atoms with Gasteiger partial charge >= 0.3 is 0 Å². The van der Waals surface area contributed by atoms with E-state index in [4.69, 9.17) is 23.2 Å². The number of halogens is 2. The van der Waals surface area contributed by atoms with Crippen molar-refractivity contribution in [1.29, 1.82) is 0 Å². The Morgan fingerprint density at radius 1 is 0.970 bits per heavy atom. The van der Waals surface area contributed by atoms with Gasteiger partial charge in [0.15, 0.2) is 5.78 Å². The summed E-state index contributed by atoms with van der Waals surface area (Å²) in [4.78, 5) is 53.6. The maximum Gasteiger partial charge on any atom is 0.275 e. The highest BCUT2D eigenvalue weighted by molar-refractivity contribution is 6.36. The highest BCUT2D eigenvalue weighted by Crippen LogP contribution is 2.37. The first-order valence-electron chi connectivity index (χ1n) is 10.6. The third-order valence-electron chi connectivity index (χ3n) is 6.15. The van der Waals surface area contributed by atoms with Gasteiger partial charge in [0.1, 0.15) is 6.04 Å². The number of allylic oxidation sites excluding steroid dienone is 2. The molecule has 3 amide bonds. The Hall–Kier alpha value is -2.96. The standard InChI is InChI=1S/C25H22Cl2N2O4/c1-14-7-9-16(10-8-14)22(30)15(2)28(25(33)20-12-11-17(26)13-21(20)27)29-23(31)18-5-3-4-6-19(18)24(29)32/h3-4,7-13,15,18-19H,5-6H2,1-2H3/t15-,18+,19+/m0/s1. The number of imide groups is 1. The van der Waals surface area contributed by atoms with Crippen LogP contribution in [0.2, 0.25) is 10.0 Å². The summed E-state index contributed by atoms with van der Waals surface area (Å²) in [7, 11) is 0. The zero-order chi connectivity index (χ0) is 23.9. The molecule has 0 saturated carbocycles. The fraction of sp³-hybridized carbons (Fsp3) is 0.280. The third kappa shape index (κ3) is 4.21. The van der Waals surface area contributed by atoms with Gasteiger partial charge in [-0.3, -0.25) is 19.2 Å². The van der Waals surface area contributed by atoms with E-state index < -0.39 is 41.4 Å². The first-order valence-corrected chi connectivity index (χ1v) is 11.4. The van der Waals surface area contributed by atoms with Crippen LogP contribution in [0.3, 0.4) is 0 Å². The summed E-state index contributed by atoms with van der Waals surface area (Å²) in [5.74, 6) is -3.21. The van der Waals surface area contributed by atoms with Crippen molar-refractivity contribution in [3.8, 4) is 0 Å². The Balaban J connectivity index is 1.77. The summed E-state index contributed by atoms with van der Waals surface area (Å²) in [5.41, 5.74) is 1.38. The van der Waals surface area contributed by atoms with Gasteiger partial charge in [-0.2, -0.15) is 5.01 Å². The number of Topliss-reactive ketones (excluding diaryl/α,β-unsaturated/α-hetero) is 1. The van der Waals surface area contributed by atoms with Crippen LogP contribution in [-0.4, -0.2) is 39.6 Å². The van der Waals surface area contributed by atoms with E-state index in [0.29, 0.717) is 23.4 Å². The molecular formula is C25H22Cl2N2O4. The summed E-state index contributed by atoms with van der Waals surface area (Å²) < 4.78 is 0. The Labute approximate surface area is 201 Å². The van der Waals surface area contributed by atoms with Gasteiger partial charge in [-0.1, -0.05) is 65.2 Å². The van der Waals surface area contributed by atoms with Gasteiger partial charge in [-0.25, -0.2) is 5.01 Å². The van der Waals surface area contributed by atoms with Crippen LogP contribution in [0.4, 0.5) is 0 Å². The minimum absolute atomic E-state index is 0.0400. The topological polar surface area (TPSA) is 74.8 Å². The lowest BCUT2D eigenvalue weighted by Gasteiger charge is -2.35. The second-order valence-corrected chi connectivity index (χ2v) is 9.17. The quantitative estimate of drug-likeness (QED) is 0.344. The summed E-state index contributed by atoms with van der Waals surface area (Å²) in [6, 6.07) is 10.1. The molecule has 0 bridgehead atoms. The zero-order valence-corrected chi connectivity index (χ0v) is 19.6. The summed E-state index contributed by atoms with van der Waals surface area (Å²) >= 11 is 12.2. The molecule has 2 aromatic rings. The SMILES string of the molecule is Cc1ccc(C(=O)[C@H](C)N(C(=O)c2ccc(Cl)cc2Cl)N2C(=O)[C@@H]3CC=CC[C@H]3C2=O)cc1. The summed E-state index contributed by atoms with van der Waals surface area (Å²) in [6.07, 6.45) is 4.55. The van der Waals surface area contributed by atoms with Gasteiger partial charge in [-0.05, 0) is 44.9 Å². The average molecular weight is 485 g/mol. The number of hydrogen-bond donors (Lipinski definition) is 0. The van der Waals surface area contributed by atoms with Crippen LogP contribution < -0.4 is 0 Å². The lowest BCUT2D eigenvalue weighted by Crippen LogP contribution is -2.56. The van der Waals surface area contributed by atoms with Crippen molar-refractivity contribution >= 4 is 46.7 Å². The van der Waals surface area contributed by atoms with Gasteiger partial charge in [0, 0.05) is 10.6 Å². The normalized spacial score (nSPS) is 20.5. The molecule has 170 valence electrons. The summed E-state index contributed by atoms with van der Waals surface area (Å²) in [6.45, 7) is 3.40.